The number of carboxylic acid groups (broad SMARTS) is 1. The average molecular weight is 460 g/mol. The Morgan fingerprint density at radius 2 is 1.88 bits per heavy atom. The van der Waals surface area contributed by atoms with Gasteiger partial charge in [-0.1, -0.05) is 12.1 Å². The fourth-order valence-corrected chi connectivity index (χ4v) is 4.27. The van der Waals surface area contributed by atoms with Crippen molar-refractivity contribution in [3.63, 3.8) is 0 Å². The molecule has 3 aliphatic rings. The summed E-state index contributed by atoms with van der Waals surface area (Å²) in [6.45, 7) is 5.48. The summed E-state index contributed by atoms with van der Waals surface area (Å²) in [7, 11) is 1.68. The topological polar surface area (TPSA) is 88.5 Å². The zero-order valence-electron chi connectivity index (χ0n) is 17.7. The third-order valence-electron chi connectivity index (χ3n) is 5.84. The highest BCUT2D eigenvalue weighted by molar-refractivity contribution is 5.78. The maximum atomic E-state index is 12.8. The number of fused-ring (bicyclic) bond motifs is 1. The van der Waals surface area contributed by atoms with Crippen LogP contribution in [0.2, 0.25) is 0 Å². The summed E-state index contributed by atoms with van der Waals surface area (Å²) in [4.78, 5) is 29.6. The molecule has 3 aliphatic heterocycles. The van der Waals surface area contributed by atoms with E-state index in [9.17, 15) is 18.0 Å². The number of aliphatic carboxylic acids is 1. The molecule has 1 amide bonds. The quantitative estimate of drug-likeness (QED) is 0.737. The van der Waals surface area contributed by atoms with Gasteiger partial charge < -0.3 is 14.6 Å². The molecule has 32 heavy (non-hydrogen) atoms. The first-order chi connectivity index (χ1) is 15.2. The molecule has 3 atom stereocenters. The summed E-state index contributed by atoms with van der Waals surface area (Å²) in [6.07, 6.45) is -4.16. The summed E-state index contributed by atoms with van der Waals surface area (Å²) < 4.78 is 42.7. The van der Waals surface area contributed by atoms with Gasteiger partial charge in [-0.2, -0.15) is 13.2 Å². The molecule has 8 nitrogen and oxygen atoms in total. The predicted octanol–water partition coefficient (Wildman–Crippen LogP) is 2.19. The van der Waals surface area contributed by atoms with E-state index in [-0.39, 0.29) is 11.8 Å². The van der Waals surface area contributed by atoms with Gasteiger partial charge in [0.05, 0.1) is 39.4 Å². The molecule has 1 N–H and O–H groups in total. The van der Waals surface area contributed by atoms with Crippen LogP contribution in [0.3, 0.4) is 0 Å². The highest BCUT2D eigenvalue weighted by Crippen LogP contribution is 2.36. The molecule has 1 aromatic carbocycles. The molecular formula is C21H27F3N2O6. The van der Waals surface area contributed by atoms with Crippen molar-refractivity contribution in [3.05, 3.63) is 29.8 Å². The number of carboxylic acids is 1. The number of methoxy groups -OCH3 is 1. The molecule has 1 aromatic rings. The number of likely N-dealkylation sites (tertiary alicyclic amines) is 1. The van der Waals surface area contributed by atoms with Crippen molar-refractivity contribution in [2.24, 2.45) is 17.8 Å². The number of nitrogens with zero attached hydrogens (tertiary/aromatic N) is 2. The zero-order valence-corrected chi connectivity index (χ0v) is 17.7. The van der Waals surface area contributed by atoms with Crippen LogP contribution in [-0.4, -0.2) is 79.7 Å². The second kappa shape index (κ2) is 10.5. The first-order valence-electron chi connectivity index (χ1n) is 10.4. The molecule has 0 radical (unpaired) electrons. The lowest BCUT2D eigenvalue weighted by molar-refractivity contribution is -0.192. The molecule has 0 unspecified atom stereocenters. The Morgan fingerprint density at radius 1 is 1.19 bits per heavy atom. The first kappa shape index (κ1) is 24.3. The number of hydrogen-bond acceptors (Lipinski definition) is 6. The van der Waals surface area contributed by atoms with Gasteiger partial charge in [0.2, 0.25) is 0 Å². The van der Waals surface area contributed by atoms with Gasteiger partial charge >= 0.3 is 12.1 Å². The van der Waals surface area contributed by atoms with Crippen molar-refractivity contribution >= 4 is 11.9 Å². The van der Waals surface area contributed by atoms with Gasteiger partial charge in [-0.15, -0.1) is 0 Å². The van der Waals surface area contributed by atoms with Crippen LogP contribution in [0, 0.1) is 17.8 Å². The molecule has 0 aromatic heterocycles. The molecule has 0 bridgehead atoms. The summed E-state index contributed by atoms with van der Waals surface area (Å²) in [5, 5.41) is 8.68. The Kier molecular flexibility index (Phi) is 7.96. The third-order valence-corrected chi connectivity index (χ3v) is 5.84. The number of halogens is 3. The van der Waals surface area contributed by atoms with E-state index in [4.69, 9.17) is 24.2 Å². The van der Waals surface area contributed by atoms with Gasteiger partial charge in [0.25, 0.3) is 5.91 Å². The lowest BCUT2D eigenvalue weighted by Crippen LogP contribution is -2.45. The van der Waals surface area contributed by atoms with Gasteiger partial charge in [-0.3, -0.25) is 14.5 Å². The van der Waals surface area contributed by atoms with Crippen molar-refractivity contribution in [3.8, 4) is 5.75 Å². The lowest BCUT2D eigenvalue weighted by Gasteiger charge is -2.33. The number of hydrogen-bond donors (Lipinski definition) is 1. The Bertz CT molecular complexity index is 783. The van der Waals surface area contributed by atoms with Crippen molar-refractivity contribution in [1.29, 1.82) is 0 Å². The van der Waals surface area contributed by atoms with Gasteiger partial charge in [0.1, 0.15) is 5.75 Å². The van der Waals surface area contributed by atoms with Crippen LogP contribution in [-0.2, 0) is 25.7 Å². The van der Waals surface area contributed by atoms with Crippen molar-refractivity contribution in [2.75, 3.05) is 46.6 Å². The summed E-state index contributed by atoms with van der Waals surface area (Å²) in [5.74, 6) is -1.04. The van der Waals surface area contributed by atoms with Gasteiger partial charge in [0.15, 0.2) is 0 Å². The van der Waals surface area contributed by atoms with Crippen molar-refractivity contribution in [1.82, 2.24) is 9.96 Å². The van der Waals surface area contributed by atoms with Crippen LogP contribution in [0.5, 0.6) is 5.75 Å². The minimum atomic E-state index is -5.08. The normalized spacial score (nSPS) is 25.6. The van der Waals surface area contributed by atoms with Crippen LogP contribution in [0.4, 0.5) is 13.2 Å². The molecule has 0 saturated carbocycles. The molecule has 0 spiro atoms. The number of carbonyl (C=O) groups excluding carboxylic acids is 1. The summed E-state index contributed by atoms with van der Waals surface area (Å²) in [5.41, 5.74) is 1.27. The Balaban J connectivity index is 0.000000360. The van der Waals surface area contributed by atoms with E-state index in [1.54, 1.807) is 12.2 Å². The number of ether oxygens (including phenoxy) is 2. The number of alkyl halides is 3. The second-order valence-electron chi connectivity index (χ2n) is 8.04. The van der Waals surface area contributed by atoms with Gasteiger partial charge in [-0.05, 0) is 36.0 Å². The van der Waals surface area contributed by atoms with E-state index >= 15 is 0 Å². The molecule has 0 aliphatic carbocycles. The average Bonchev–Trinajstić information content (AvgIpc) is 3.43. The Labute approximate surface area is 183 Å². The van der Waals surface area contributed by atoms with E-state index in [0.717, 1.165) is 38.4 Å². The molecule has 4 rings (SSSR count). The van der Waals surface area contributed by atoms with Crippen LogP contribution >= 0.6 is 0 Å². The number of carbonyl (C=O) groups is 2. The maximum absolute atomic E-state index is 12.8. The molecule has 11 heteroatoms. The van der Waals surface area contributed by atoms with E-state index in [1.807, 2.05) is 12.1 Å². The SMILES string of the molecule is COc1ccc(CN2C[C@@H]3COC[C@H](C(=O)N4CCCO4)[C@@H]3C2)cc1.O=C(O)C(F)(F)F. The Hall–Kier alpha value is -2.37. The van der Waals surface area contributed by atoms with Crippen molar-refractivity contribution < 1.29 is 42.2 Å². The zero-order chi connectivity index (χ0) is 23.3. The summed E-state index contributed by atoms with van der Waals surface area (Å²) in [6, 6.07) is 8.22. The molecule has 3 heterocycles. The number of hydroxylamine groups is 2. The standard InChI is InChI=1S/C19H26N2O4.C2HF3O2/c1-23-16-5-3-14(4-6-16)9-20-10-15-12-24-13-18(17(15)11-20)19(22)21-7-2-8-25-21;3-2(4,5)1(6)7/h3-6,15,17-18H,2,7-13H2,1H3;(H,6,7)/t15-,17-,18+;/m1./s1. The smallest absolute Gasteiger partial charge is 0.490 e. The molecule has 3 fully saturated rings. The van der Waals surface area contributed by atoms with Crippen LogP contribution < -0.4 is 4.74 Å². The first-order valence-corrected chi connectivity index (χ1v) is 10.4. The molecule has 178 valence electrons. The fraction of sp³-hybridized carbons (Fsp3) is 0.619. The maximum Gasteiger partial charge on any atom is 0.490 e. The highest BCUT2D eigenvalue weighted by atomic mass is 19.4. The molecular weight excluding hydrogens is 433 g/mol. The largest absolute Gasteiger partial charge is 0.497 e. The number of benzene rings is 1. The number of amides is 1. The second-order valence-corrected chi connectivity index (χ2v) is 8.04. The predicted molar refractivity (Wildman–Crippen MR) is 106 cm³/mol. The minimum absolute atomic E-state index is 0.0716. The van der Waals surface area contributed by atoms with E-state index in [1.165, 1.54) is 5.56 Å². The van der Waals surface area contributed by atoms with Crippen molar-refractivity contribution in [2.45, 2.75) is 19.1 Å². The lowest BCUT2D eigenvalue weighted by atomic mass is 9.82. The van der Waals surface area contributed by atoms with Gasteiger partial charge in [-0.25, -0.2) is 9.86 Å². The van der Waals surface area contributed by atoms with Crippen LogP contribution in [0.1, 0.15) is 12.0 Å². The molecule has 3 saturated heterocycles. The highest BCUT2D eigenvalue weighted by Gasteiger charge is 2.45. The van der Waals surface area contributed by atoms with E-state index in [2.05, 4.69) is 17.0 Å². The van der Waals surface area contributed by atoms with Crippen LogP contribution in [0.25, 0.3) is 0 Å². The monoisotopic (exact) mass is 460 g/mol. The Morgan fingerprint density at radius 3 is 2.44 bits per heavy atom. The van der Waals surface area contributed by atoms with Gasteiger partial charge in [0, 0.05) is 19.6 Å². The fourth-order valence-electron chi connectivity index (χ4n) is 4.27. The van der Waals surface area contributed by atoms with E-state index < -0.39 is 12.1 Å². The van der Waals surface area contributed by atoms with Crippen LogP contribution in [0.15, 0.2) is 24.3 Å². The third kappa shape index (κ3) is 6.11. The van der Waals surface area contributed by atoms with E-state index in [0.29, 0.717) is 31.6 Å². The number of rotatable bonds is 4. The minimum Gasteiger partial charge on any atom is -0.497 e. The summed E-state index contributed by atoms with van der Waals surface area (Å²) >= 11 is 0.